The van der Waals surface area contributed by atoms with E-state index in [0.717, 1.165) is 19.5 Å². The summed E-state index contributed by atoms with van der Waals surface area (Å²) in [5.74, 6) is 0.986. The van der Waals surface area contributed by atoms with Gasteiger partial charge in [0, 0.05) is 37.1 Å². The number of nitrogens with one attached hydrogen (secondary N) is 1. The third kappa shape index (κ3) is 4.59. The molecule has 3 rings (SSSR count). The number of benzene rings is 1. The van der Waals surface area contributed by atoms with Gasteiger partial charge in [0.05, 0.1) is 0 Å². The number of hydrazine groups is 1. The van der Waals surface area contributed by atoms with Crippen molar-refractivity contribution in [3.63, 3.8) is 0 Å². The smallest absolute Gasteiger partial charge is 0.129 e. The molecule has 1 N–H and O–H groups in total. The van der Waals surface area contributed by atoms with Crippen LogP contribution >= 0.6 is 35.6 Å². The molecule has 3 nitrogen and oxygen atoms in total. The molecule has 6 heteroatoms. The van der Waals surface area contributed by atoms with Crippen LogP contribution in [0.1, 0.15) is 23.5 Å². The fraction of sp³-hybridized carbons (Fsp3) is 0.353. The maximum Gasteiger partial charge on any atom is 0.129 e. The molecule has 23 heavy (non-hydrogen) atoms. The fourth-order valence-electron chi connectivity index (χ4n) is 3.02. The zero-order valence-electron chi connectivity index (χ0n) is 12.7. The lowest BCUT2D eigenvalue weighted by Crippen LogP contribution is -2.43. The number of aromatic nitrogens is 1. The van der Waals surface area contributed by atoms with Gasteiger partial charge in [0.15, 0.2) is 0 Å². The second-order valence-corrected chi connectivity index (χ2v) is 6.24. The lowest BCUT2D eigenvalue weighted by Gasteiger charge is -2.27. The Labute approximate surface area is 153 Å². The van der Waals surface area contributed by atoms with Gasteiger partial charge in [-0.15, -0.1) is 24.0 Å². The normalized spacial score (nSPS) is 21.1. The highest BCUT2D eigenvalue weighted by molar-refractivity contribution is 6.29. The highest BCUT2D eigenvalue weighted by Crippen LogP contribution is 2.33. The summed E-state index contributed by atoms with van der Waals surface area (Å²) in [4.78, 5) is 4.19. The molecule has 2 atom stereocenters. The molecule has 124 valence electrons. The zero-order valence-corrected chi connectivity index (χ0v) is 15.0. The van der Waals surface area contributed by atoms with Gasteiger partial charge in [0.2, 0.25) is 0 Å². The predicted octanol–water partition coefficient (Wildman–Crippen LogP) is 4.26. The molecule has 0 spiro atoms. The van der Waals surface area contributed by atoms with E-state index in [0.29, 0.717) is 17.0 Å². The van der Waals surface area contributed by atoms with E-state index in [-0.39, 0.29) is 18.4 Å². The Hall–Kier alpha value is -0.840. The molecular weight excluding hydrogens is 353 g/mol. The van der Waals surface area contributed by atoms with Crippen molar-refractivity contribution in [2.45, 2.75) is 24.9 Å². The molecule has 2 aromatic rings. The van der Waals surface area contributed by atoms with Gasteiger partial charge >= 0.3 is 0 Å². The Morgan fingerprint density at radius 2 is 1.96 bits per heavy atom. The largest absolute Gasteiger partial charge is 0.250 e. The third-order valence-electron chi connectivity index (χ3n) is 4.21. The highest BCUT2D eigenvalue weighted by atomic mass is 35.5. The van der Waals surface area contributed by atoms with Crippen LogP contribution in [0.25, 0.3) is 0 Å². The molecule has 1 aromatic carbocycles. The van der Waals surface area contributed by atoms with Crippen molar-refractivity contribution in [3.8, 4) is 0 Å². The van der Waals surface area contributed by atoms with Gasteiger partial charge in [-0.05, 0) is 23.6 Å². The summed E-state index contributed by atoms with van der Waals surface area (Å²) >= 11 is 12.1. The lowest BCUT2D eigenvalue weighted by molar-refractivity contribution is 0.173. The van der Waals surface area contributed by atoms with Crippen molar-refractivity contribution in [2.24, 2.45) is 0 Å². The van der Waals surface area contributed by atoms with Gasteiger partial charge in [0.25, 0.3) is 0 Å². The number of pyridine rings is 1. The average Bonchev–Trinajstić information content (AvgIpc) is 2.97. The van der Waals surface area contributed by atoms with Gasteiger partial charge in [0.1, 0.15) is 5.15 Å². The van der Waals surface area contributed by atoms with E-state index in [4.69, 9.17) is 23.2 Å². The summed E-state index contributed by atoms with van der Waals surface area (Å²) in [7, 11) is 0. The first-order valence-electron chi connectivity index (χ1n) is 7.49. The van der Waals surface area contributed by atoms with E-state index < -0.39 is 0 Å². The Bertz CT molecular complexity index is 592. The van der Waals surface area contributed by atoms with Crippen molar-refractivity contribution < 1.29 is 0 Å². The number of rotatable bonds is 5. The minimum Gasteiger partial charge on any atom is -0.250 e. The fourth-order valence-corrected chi connectivity index (χ4v) is 3.52. The van der Waals surface area contributed by atoms with Crippen LogP contribution in [0, 0.1) is 0 Å². The lowest BCUT2D eigenvalue weighted by atomic mass is 9.94. The minimum absolute atomic E-state index is 0. The van der Waals surface area contributed by atoms with Gasteiger partial charge in [-0.2, -0.15) is 0 Å². The standard InChI is InChI=1S/C17H19Cl2N3.ClH/c18-10-16-15(14-6-7-17(19)20-12-14)8-9-22(16)21-11-13-4-2-1-3-5-13;/h1-7,12,15-16,21H,8-11H2;1H/t15-,16-;/m1./s1. The van der Waals surface area contributed by atoms with E-state index in [1.807, 2.05) is 18.3 Å². The summed E-state index contributed by atoms with van der Waals surface area (Å²) in [5.41, 5.74) is 5.99. The number of alkyl halides is 1. The molecule has 0 unspecified atom stereocenters. The molecule has 0 aliphatic carbocycles. The van der Waals surface area contributed by atoms with Crippen LogP contribution in [0.3, 0.4) is 0 Å². The first-order chi connectivity index (χ1) is 10.8. The van der Waals surface area contributed by atoms with Crippen molar-refractivity contribution in [1.82, 2.24) is 15.4 Å². The van der Waals surface area contributed by atoms with Gasteiger partial charge < -0.3 is 0 Å². The molecule has 0 saturated carbocycles. The summed E-state index contributed by atoms with van der Waals surface area (Å²) in [5, 5.41) is 2.79. The predicted molar refractivity (Wildman–Crippen MR) is 98.3 cm³/mol. The molecule has 2 heterocycles. The number of hydrogen-bond donors (Lipinski definition) is 1. The van der Waals surface area contributed by atoms with Crippen molar-refractivity contribution in [2.75, 3.05) is 12.4 Å². The number of halogens is 3. The van der Waals surface area contributed by atoms with Crippen LogP contribution in [0.15, 0.2) is 48.7 Å². The van der Waals surface area contributed by atoms with Crippen molar-refractivity contribution >= 4 is 35.6 Å². The molecule has 1 aliphatic heterocycles. The maximum atomic E-state index is 6.23. The Morgan fingerprint density at radius 1 is 1.17 bits per heavy atom. The van der Waals surface area contributed by atoms with Crippen LogP contribution in [0.4, 0.5) is 0 Å². The van der Waals surface area contributed by atoms with E-state index >= 15 is 0 Å². The van der Waals surface area contributed by atoms with Crippen LogP contribution in [0.2, 0.25) is 5.15 Å². The molecular formula is C17H20Cl3N3. The van der Waals surface area contributed by atoms with Gasteiger partial charge in [-0.25, -0.2) is 9.99 Å². The number of hydrogen-bond acceptors (Lipinski definition) is 3. The van der Waals surface area contributed by atoms with E-state index in [1.165, 1.54) is 11.1 Å². The summed E-state index contributed by atoms with van der Waals surface area (Å²) in [6.07, 6.45) is 2.94. The van der Waals surface area contributed by atoms with E-state index in [1.54, 1.807) is 0 Å². The SMILES string of the molecule is Cl.ClC[C@@H]1[C@@H](c2ccc(Cl)nc2)CCN1NCc1ccccc1. The average molecular weight is 373 g/mol. The second kappa shape index (κ2) is 8.86. The molecule has 0 amide bonds. The quantitative estimate of drug-likeness (QED) is 0.628. The monoisotopic (exact) mass is 371 g/mol. The molecule has 0 radical (unpaired) electrons. The van der Waals surface area contributed by atoms with E-state index in [9.17, 15) is 0 Å². The second-order valence-electron chi connectivity index (χ2n) is 5.54. The minimum atomic E-state index is 0. The summed E-state index contributed by atoms with van der Waals surface area (Å²) < 4.78 is 0. The first kappa shape index (κ1) is 18.5. The maximum absolute atomic E-state index is 6.23. The molecule has 0 bridgehead atoms. The highest BCUT2D eigenvalue weighted by Gasteiger charge is 2.34. The third-order valence-corrected chi connectivity index (χ3v) is 4.75. The summed E-state index contributed by atoms with van der Waals surface area (Å²) in [6.45, 7) is 1.80. The Morgan fingerprint density at radius 3 is 2.61 bits per heavy atom. The van der Waals surface area contributed by atoms with Crippen LogP contribution in [0.5, 0.6) is 0 Å². The molecule has 1 aromatic heterocycles. The topological polar surface area (TPSA) is 28.2 Å². The molecule has 1 fully saturated rings. The van der Waals surface area contributed by atoms with Crippen molar-refractivity contribution in [3.05, 3.63) is 64.9 Å². The molecule has 1 aliphatic rings. The van der Waals surface area contributed by atoms with Crippen LogP contribution in [-0.4, -0.2) is 28.5 Å². The Kier molecular flexibility index (Phi) is 7.12. The first-order valence-corrected chi connectivity index (χ1v) is 8.40. The van der Waals surface area contributed by atoms with E-state index in [2.05, 4.69) is 45.8 Å². The zero-order chi connectivity index (χ0) is 15.4. The van der Waals surface area contributed by atoms with Gasteiger partial charge in [-0.3, -0.25) is 5.43 Å². The van der Waals surface area contributed by atoms with Crippen LogP contribution in [-0.2, 0) is 6.54 Å². The molecule has 1 saturated heterocycles. The number of nitrogens with zero attached hydrogens (tertiary/aromatic N) is 2. The van der Waals surface area contributed by atoms with Crippen LogP contribution < -0.4 is 5.43 Å². The summed E-state index contributed by atoms with van der Waals surface area (Å²) in [6, 6.07) is 14.6. The van der Waals surface area contributed by atoms with Gasteiger partial charge in [-0.1, -0.05) is 48.0 Å². The van der Waals surface area contributed by atoms with Crippen molar-refractivity contribution in [1.29, 1.82) is 0 Å². The Balaban J connectivity index is 0.00000192.